The lowest BCUT2D eigenvalue weighted by Gasteiger charge is -2.24. The standard InChI is InChI=1S/C15H19NO2/c1-11(2)10-18-14-9-4-3-8-13(14)16-15(17)12-6-5-7-12/h3-4,8-9,12H,1,5-7,10H2,2H3,(H,16,17). The predicted molar refractivity (Wildman–Crippen MR) is 72.7 cm³/mol. The van der Waals surface area contributed by atoms with E-state index in [1.807, 2.05) is 31.2 Å². The van der Waals surface area contributed by atoms with E-state index in [9.17, 15) is 4.79 Å². The Morgan fingerprint density at radius 1 is 1.44 bits per heavy atom. The summed E-state index contributed by atoms with van der Waals surface area (Å²) in [7, 11) is 0. The van der Waals surface area contributed by atoms with Crippen LogP contribution in [0.25, 0.3) is 0 Å². The Labute approximate surface area is 108 Å². The van der Waals surface area contributed by atoms with E-state index in [4.69, 9.17) is 4.74 Å². The molecular formula is C15H19NO2. The van der Waals surface area contributed by atoms with Gasteiger partial charge in [-0.25, -0.2) is 0 Å². The number of carbonyl (C=O) groups is 1. The van der Waals surface area contributed by atoms with Crippen molar-refractivity contribution in [2.75, 3.05) is 11.9 Å². The molecule has 3 nitrogen and oxygen atoms in total. The number of rotatable bonds is 5. The molecule has 1 N–H and O–H groups in total. The summed E-state index contributed by atoms with van der Waals surface area (Å²) in [5.74, 6) is 0.986. The molecule has 18 heavy (non-hydrogen) atoms. The molecule has 1 aliphatic rings. The third-order valence-corrected chi connectivity index (χ3v) is 3.09. The molecule has 0 radical (unpaired) electrons. The molecule has 2 rings (SSSR count). The molecule has 0 saturated heterocycles. The van der Waals surface area contributed by atoms with Gasteiger partial charge in [-0.05, 0) is 37.5 Å². The van der Waals surface area contributed by atoms with Crippen molar-refractivity contribution in [2.24, 2.45) is 5.92 Å². The molecule has 0 atom stereocenters. The Kier molecular flexibility index (Phi) is 4.03. The molecule has 0 aliphatic heterocycles. The fourth-order valence-corrected chi connectivity index (χ4v) is 1.80. The van der Waals surface area contributed by atoms with Crippen LogP contribution in [0.3, 0.4) is 0 Å². The second-order valence-electron chi connectivity index (χ2n) is 4.86. The minimum absolute atomic E-state index is 0.104. The first-order valence-electron chi connectivity index (χ1n) is 6.34. The Morgan fingerprint density at radius 2 is 2.17 bits per heavy atom. The highest BCUT2D eigenvalue weighted by Crippen LogP contribution is 2.30. The normalized spacial score (nSPS) is 14.7. The molecule has 1 saturated carbocycles. The third-order valence-electron chi connectivity index (χ3n) is 3.09. The molecule has 0 unspecified atom stereocenters. The van der Waals surface area contributed by atoms with Gasteiger partial charge in [-0.2, -0.15) is 0 Å². The summed E-state index contributed by atoms with van der Waals surface area (Å²) >= 11 is 0. The lowest BCUT2D eigenvalue weighted by Crippen LogP contribution is -2.28. The van der Waals surface area contributed by atoms with Gasteiger partial charge in [-0.1, -0.05) is 25.1 Å². The van der Waals surface area contributed by atoms with Crippen molar-refractivity contribution in [2.45, 2.75) is 26.2 Å². The number of anilines is 1. The number of nitrogens with one attached hydrogen (secondary N) is 1. The zero-order valence-electron chi connectivity index (χ0n) is 10.7. The van der Waals surface area contributed by atoms with Crippen molar-refractivity contribution in [3.8, 4) is 5.75 Å². The van der Waals surface area contributed by atoms with Crippen molar-refractivity contribution in [3.63, 3.8) is 0 Å². The van der Waals surface area contributed by atoms with Gasteiger partial charge >= 0.3 is 0 Å². The van der Waals surface area contributed by atoms with Crippen molar-refractivity contribution in [1.82, 2.24) is 0 Å². The Hall–Kier alpha value is -1.77. The zero-order chi connectivity index (χ0) is 13.0. The predicted octanol–water partition coefficient (Wildman–Crippen LogP) is 3.38. The number of carbonyl (C=O) groups excluding carboxylic acids is 1. The van der Waals surface area contributed by atoms with Gasteiger partial charge in [0.15, 0.2) is 0 Å². The maximum atomic E-state index is 11.9. The molecule has 1 aromatic rings. The first-order chi connectivity index (χ1) is 8.66. The molecule has 0 spiro atoms. The highest BCUT2D eigenvalue weighted by molar-refractivity contribution is 5.94. The van der Waals surface area contributed by atoms with E-state index in [-0.39, 0.29) is 11.8 Å². The Morgan fingerprint density at radius 3 is 2.78 bits per heavy atom. The summed E-state index contributed by atoms with van der Waals surface area (Å²) in [4.78, 5) is 11.9. The van der Waals surface area contributed by atoms with Crippen LogP contribution in [0.2, 0.25) is 0 Å². The van der Waals surface area contributed by atoms with Crippen molar-refractivity contribution in [1.29, 1.82) is 0 Å². The molecular weight excluding hydrogens is 226 g/mol. The van der Waals surface area contributed by atoms with E-state index in [2.05, 4.69) is 11.9 Å². The smallest absolute Gasteiger partial charge is 0.227 e. The topological polar surface area (TPSA) is 38.3 Å². The molecule has 0 heterocycles. The van der Waals surface area contributed by atoms with Crippen LogP contribution in [0.5, 0.6) is 5.75 Å². The van der Waals surface area contributed by atoms with Crippen molar-refractivity contribution >= 4 is 11.6 Å². The van der Waals surface area contributed by atoms with E-state index in [0.717, 1.165) is 30.5 Å². The average Bonchev–Trinajstić information content (AvgIpc) is 2.25. The largest absolute Gasteiger partial charge is 0.487 e. The molecule has 1 aliphatic carbocycles. The van der Waals surface area contributed by atoms with Gasteiger partial charge in [0, 0.05) is 5.92 Å². The third kappa shape index (κ3) is 3.13. The molecule has 1 amide bonds. The Balaban J connectivity index is 2.01. The van der Waals surface area contributed by atoms with Crippen molar-refractivity contribution in [3.05, 3.63) is 36.4 Å². The molecule has 96 valence electrons. The van der Waals surface area contributed by atoms with Gasteiger partial charge in [-0.15, -0.1) is 0 Å². The van der Waals surface area contributed by atoms with Crippen LogP contribution in [0.1, 0.15) is 26.2 Å². The van der Waals surface area contributed by atoms with E-state index >= 15 is 0 Å². The maximum absolute atomic E-state index is 11.9. The van der Waals surface area contributed by atoms with Gasteiger partial charge in [-0.3, -0.25) is 4.79 Å². The highest BCUT2D eigenvalue weighted by Gasteiger charge is 2.25. The fourth-order valence-electron chi connectivity index (χ4n) is 1.80. The SMILES string of the molecule is C=C(C)COc1ccccc1NC(=O)C1CCC1. The summed E-state index contributed by atoms with van der Waals surface area (Å²) in [5, 5.41) is 2.94. The van der Waals surface area contributed by atoms with Gasteiger partial charge in [0.05, 0.1) is 5.69 Å². The van der Waals surface area contributed by atoms with Crippen LogP contribution in [0.15, 0.2) is 36.4 Å². The average molecular weight is 245 g/mol. The summed E-state index contributed by atoms with van der Waals surface area (Å²) in [5.41, 5.74) is 1.70. The van der Waals surface area contributed by atoms with Crippen LogP contribution in [-0.2, 0) is 4.79 Å². The second-order valence-corrected chi connectivity index (χ2v) is 4.86. The Bertz CT molecular complexity index is 450. The summed E-state index contributed by atoms with van der Waals surface area (Å²) < 4.78 is 5.62. The molecule has 1 fully saturated rings. The summed E-state index contributed by atoms with van der Waals surface area (Å²) in [6, 6.07) is 7.51. The minimum Gasteiger partial charge on any atom is -0.487 e. The lowest BCUT2D eigenvalue weighted by molar-refractivity contribution is -0.122. The van der Waals surface area contributed by atoms with Crippen LogP contribution in [0, 0.1) is 5.92 Å². The fraction of sp³-hybridized carbons (Fsp3) is 0.400. The van der Waals surface area contributed by atoms with E-state index in [0.29, 0.717) is 12.4 Å². The van der Waals surface area contributed by atoms with E-state index < -0.39 is 0 Å². The van der Waals surface area contributed by atoms with Gasteiger partial charge in [0.1, 0.15) is 12.4 Å². The molecule has 3 heteroatoms. The summed E-state index contributed by atoms with van der Waals surface area (Å²) in [6.45, 7) is 6.18. The zero-order valence-corrected chi connectivity index (χ0v) is 10.7. The van der Waals surface area contributed by atoms with Gasteiger partial charge < -0.3 is 10.1 Å². The number of ether oxygens (including phenoxy) is 1. The minimum atomic E-state index is 0.104. The molecule has 1 aromatic carbocycles. The van der Waals surface area contributed by atoms with Crippen LogP contribution < -0.4 is 10.1 Å². The van der Waals surface area contributed by atoms with Crippen molar-refractivity contribution < 1.29 is 9.53 Å². The molecule has 0 aromatic heterocycles. The van der Waals surface area contributed by atoms with Crippen LogP contribution >= 0.6 is 0 Å². The van der Waals surface area contributed by atoms with Gasteiger partial charge in [0.25, 0.3) is 0 Å². The highest BCUT2D eigenvalue weighted by atomic mass is 16.5. The quantitative estimate of drug-likeness (QED) is 0.808. The lowest BCUT2D eigenvalue weighted by atomic mass is 9.85. The van der Waals surface area contributed by atoms with E-state index in [1.165, 1.54) is 0 Å². The first-order valence-corrected chi connectivity index (χ1v) is 6.34. The van der Waals surface area contributed by atoms with Crippen LogP contribution in [0.4, 0.5) is 5.69 Å². The van der Waals surface area contributed by atoms with E-state index in [1.54, 1.807) is 0 Å². The first kappa shape index (κ1) is 12.7. The number of para-hydroxylation sites is 2. The number of amides is 1. The number of hydrogen-bond donors (Lipinski definition) is 1. The summed E-state index contributed by atoms with van der Waals surface area (Å²) in [6.07, 6.45) is 3.16. The maximum Gasteiger partial charge on any atom is 0.227 e. The van der Waals surface area contributed by atoms with Gasteiger partial charge in [0.2, 0.25) is 5.91 Å². The second kappa shape index (κ2) is 5.71. The van der Waals surface area contributed by atoms with Crippen LogP contribution in [-0.4, -0.2) is 12.5 Å². The number of benzene rings is 1. The molecule has 0 bridgehead atoms. The monoisotopic (exact) mass is 245 g/mol. The number of hydrogen-bond acceptors (Lipinski definition) is 2.